The maximum Gasteiger partial charge on any atom is 0.306 e. The Morgan fingerprint density at radius 3 is 0.805 bits per heavy atom. The summed E-state index contributed by atoms with van der Waals surface area (Å²) in [5, 5.41) is 0. The summed E-state index contributed by atoms with van der Waals surface area (Å²) in [4.78, 5) is 38.4. The molecular weight excluding hydrogens is 949 g/mol. The van der Waals surface area contributed by atoms with Crippen molar-refractivity contribution in [2.45, 2.75) is 348 Å². The van der Waals surface area contributed by atoms with Gasteiger partial charge in [-0.05, 0) is 89.9 Å². The first-order chi connectivity index (χ1) is 38.0. The first kappa shape index (κ1) is 73.8. The van der Waals surface area contributed by atoms with Gasteiger partial charge in [-0.3, -0.25) is 14.4 Å². The van der Waals surface area contributed by atoms with E-state index in [0.717, 1.165) is 103 Å². The van der Waals surface area contributed by atoms with E-state index in [2.05, 4.69) is 93.7 Å². The Kier molecular flexibility index (Phi) is 62.7. The van der Waals surface area contributed by atoms with Crippen LogP contribution < -0.4 is 0 Å². The third-order valence-corrected chi connectivity index (χ3v) is 14.7. The van der Waals surface area contributed by atoms with E-state index in [1.165, 1.54) is 199 Å². The Balaban J connectivity index is 4.37. The zero-order valence-electron chi connectivity index (χ0n) is 51.2. The predicted octanol–water partition coefficient (Wildman–Crippen LogP) is 22.9. The van der Waals surface area contributed by atoms with E-state index in [-0.39, 0.29) is 31.1 Å². The minimum absolute atomic E-state index is 0.0790. The second kappa shape index (κ2) is 65.4. The molecule has 0 radical (unpaired) electrons. The van der Waals surface area contributed by atoms with E-state index in [9.17, 15) is 14.4 Å². The van der Waals surface area contributed by atoms with Gasteiger partial charge in [-0.15, -0.1) is 0 Å². The van der Waals surface area contributed by atoms with Crippen molar-refractivity contribution in [3.63, 3.8) is 0 Å². The van der Waals surface area contributed by atoms with E-state index >= 15 is 0 Å². The van der Waals surface area contributed by atoms with Crippen LogP contribution >= 0.6 is 0 Å². The lowest BCUT2D eigenvalue weighted by atomic mass is 10.0. The summed E-state index contributed by atoms with van der Waals surface area (Å²) in [5.74, 6) is -0.874. The van der Waals surface area contributed by atoms with Gasteiger partial charge in [0.15, 0.2) is 6.10 Å². The van der Waals surface area contributed by atoms with Crippen LogP contribution in [0, 0.1) is 0 Å². The van der Waals surface area contributed by atoms with Crippen LogP contribution in [-0.4, -0.2) is 37.2 Å². The number of unbranched alkanes of at least 4 members (excludes halogenated alkanes) is 38. The highest BCUT2D eigenvalue weighted by molar-refractivity contribution is 5.71. The van der Waals surface area contributed by atoms with Crippen molar-refractivity contribution in [1.82, 2.24) is 0 Å². The molecule has 0 aliphatic heterocycles. The van der Waals surface area contributed by atoms with E-state index in [1.807, 2.05) is 0 Å². The monoisotopic (exact) mass is 1070 g/mol. The summed E-state index contributed by atoms with van der Waals surface area (Å²) >= 11 is 0. The topological polar surface area (TPSA) is 78.9 Å². The lowest BCUT2D eigenvalue weighted by Gasteiger charge is -2.18. The molecule has 0 aromatic rings. The van der Waals surface area contributed by atoms with Gasteiger partial charge in [0, 0.05) is 19.3 Å². The van der Waals surface area contributed by atoms with Crippen LogP contribution in [0.4, 0.5) is 0 Å². The first-order valence-corrected chi connectivity index (χ1v) is 33.4. The highest BCUT2D eigenvalue weighted by Gasteiger charge is 2.19. The summed E-state index contributed by atoms with van der Waals surface area (Å²) in [7, 11) is 0. The first-order valence-electron chi connectivity index (χ1n) is 33.4. The molecular formula is C71H126O6. The van der Waals surface area contributed by atoms with Crippen molar-refractivity contribution in [1.29, 1.82) is 0 Å². The van der Waals surface area contributed by atoms with Crippen LogP contribution in [0.15, 0.2) is 72.9 Å². The van der Waals surface area contributed by atoms with Crippen molar-refractivity contribution in [2.75, 3.05) is 13.2 Å². The fraction of sp³-hybridized carbons (Fsp3) is 0.789. The van der Waals surface area contributed by atoms with Crippen LogP contribution in [0.1, 0.15) is 342 Å². The molecule has 0 amide bonds. The molecule has 0 fully saturated rings. The van der Waals surface area contributed by atoms with Crippen LogP contribution in [0.5, 0.6) is 0 Å². The number of hydrogen-bond acceptors (Lipinski definition) is 6. The number of ether oxygens (including phenoxy) is 3. The molecule has 0 bridgehead atoms. The average molecular weight is 1080 g/mol. The molecule has 0 aromatic carbocycles. The summed E-state index contributed by atoms with van der Waals surface area (Å²) in [6.45, 7) is 6.55. The summed E-state index contributed by atoms with van der Waals surface area (Å²) in [6.07, 6.45) is 84.8. The molecule has 1 unspecified atom stereocenters. The van der Waals surface area contributed by atoms with Crippen LogP contribution in [0.25, 0.3) is 0 Å². The molecule has 0 saturated carbocycles. The maximum atomic E-state index is 12.9. The average Bonchev–Trinajstić information content (AvgIpc) is 3.43. The fourth-order valence-corrected chi connectivity index (χ4v) is 9.70. The van der Waals surface area contributed by atoms with Crippen LogP contribution in [-0.2, 0) is 28.6 Å². The number of hydrogen-bond donors (Lipinski definition) is 0. The number of rotatable bonds is 61. The molecule has 0 spiro atoms. The van der Waals surface area contributed by atoms with E-state index in [1.54, 1.807) is 0 Å². The molecule has 1 atom stereocenters. The molecule has 0 aliphatic carbocycles. The number of carbonyl (C=O) groups is 3. The summed E-state index contributed by atoms with van der Waals surface area (Å²) in [6, 6.07) is 0. The number of esters is 3. The SMILES string of the molecule is CC/C=C\C/C=C\C/C=C\C/C=C\CCCCCCCCCCC(=O)OCC(COC(=O)CCCCCCCCC/C=C\C/C=C\CCCCCC)OC(=O)CCCCCCCCCCCCCCCCCCCCCC. The molecule has 6 nitrogen and oxygen atoms in total. The van der Waals surface area contributed by atoms with Crippen molar-refractivity contribution < 1.29 is 28.6 Å². The van der Waals surface area contributed by atoms with Crippen molar-refractivity contribution in [2.24, 2.45) is 0 Å². The van der Waals surface area contributed by atoms with Gasteiger partial charge in [0.2, 0.25) is 0 Å². The molecule has 0 saturated heterocycles. The van der Waals surface area contributed by atoms with Crippen LogP contribution in [0.2, 0.25) is 0 Å². The van der Waals surface area contributed by atoms with Gasteiger partial charge < -0.3 is 14.2 Å². The van der Waals surface area contributed by atoms with Crippen molar-refractivity contribution in [3.8, 4) is 0 Å². The lowest BCUT2D eigenvalue weighted by Crippen LogP contribution is -2.30. The van der Waals surface area contributed by atoms with Gasteiger partial charge in [-0.25, -0.2) is 0 Å². The van der Waals surface area contributed by atoms with E-state index in [4.69, 9.17) is 14.2 Å². The molecule has 0 aliphatic rings. The van der Waals surface area contributed by atoms with Gasteiger partial charge >= 0.3 is 17.9 Å². The number of carbonyl (C=O) groups excluding carboxylic acids is 3. The Morgan fingerprint density at radius 2 is 0.506 bits per heavy atom. The van der Waals surface area contributed by atoms with E-state index < -0.39 is 6.10 Å². The number of allylic oxidation sites excluding steroid dienone is 12. The quantitative estimate of drug-likeness (QED) is 0.0261. The minimum Gasteiger partial charge on any atom is -0.462 e. The van der Waals surface area contributed by atoms with Gasteiger partial charge in [-0.2, -0.15) is 0 Å². The molecule has 0 N–H and O–H groups in total. The lowest BCUT2D eigenvalue weighted by molar-refractivity contribution is -0.167. The second-order valence-electron chi connectivity index (χ2n) is 22.4. The van der Waals surface area contributed by atoms with Gasteiger partial charge in [0.05, 0.1) is 0 Å². The highest BCUT2D eigenvalue weighted by atomic mass is 16.6. The third kappa shape index (κ3) is 63.6. The van der Waals surface area contributed by atoms with Crippen molar-refractivity contribution in [3.05, 3.63) is 72.9 Å². The molecule has 446 valence electrons. The smallest absolute Gasteiger partial charge is 0.306 e. The van der Waals surface area contributed by atoms with Gasteiger partial charge in [-0.1, -0.05) is 306 Å². The second-order valence-corrected chi connectivity index (χ2v) is 22.4. The van der Waals surface area contributed by atoms with Crippen molar-refractivity contribution >= 4 is 17.9 Å². The van der Waals surface area contributed by atoms with Gasteiger partial charge in [0.1, 0.15) is 13.2 Å². The Morgan fingerprint density at radius 1 is 0.273 bits per heavy atom. The fourth-order valence-electron chi connectivity index (χ4n) is 9.70. The molecule has 77 heavy (non-hydrogen) atoms. The molecule has 0 rings (SSSR count). The summed E-state index contributed by atoms with van der Waals surface area (Å²) in [5.41, 5.74) is 0. The zero-order valence-corrected chi connectivity index (χ0v) is 51.2. The largest absolute Gasteiger partial charge is 0.462 e. The van der Waals surface area contributed by atoms with Crippen LogP contribution in [0.3, 0.4) is 0 Å². The standard InChI is InChI=1S/C71H126O6/c1-4-7-10-13-16-19-22-25-28-31-34-36-38-40-43-46-49-52-55-58-61-64-70(73)76-67-68(66-75-69(72)63-60-57-54-51-48-45-42-39-33-30-27-24-21-18-15-12-9-6-3)77-71(74)65-62-59-56-53-50-47-44-41-37-35-32-29-26-23-20-17-14-11-8-5-2/h7,10,16,19,21,24-25,28,30,33-34,36,68H,4-6,8-9,11-15,17-18,20,22-23,26-27,29,31-32,35,37-67H2,1-3H3/b10-7-,19-16-,24-21-,28-25-,33-30-,36-34-. The highest BCUT2D eigenvalue weighted by Crippen LogP contribution is 2.17. The Hall–Kier alpha value is -3.15. The molecule has 0 aromatic heterocycles. The summed E-state index contributed by atoms with van der Waals surface area (Å²) < 4.78 is 17.0. The molecule has 0 heterocycles. The zero-order chi connectivity index (χ0) is 55.7. The third-order valence-electron chi connectivity index (χ3n) is 14.7. The van der Waals surface area contributed by atoms with Gasteiger partial charge in [0.25, 0.3) is 0 Å². The predicted molar refractivity (Wildman–Crippen MR) is 335 cm³/mol. The normalized spacial score (nSPS) is 12.5. The Bertz CT molecular complexity index is 1420. The Labute approximate surface area is 478 Å². The van der Waals surface area contributed by atoms with E-state index in [0.29, 0.717) is 19.3 Å². The maximum absolute atomic E-state index is 12.9. The molecule has 6 heteroatoms. The minimum atomic E-state index is -0.782.